The SMILES string of the molecule is C[C@]12CCC[C@@](C)(C(=O)O)[C@H]1CC[C@@]13C[C@@H](CC[C@@H]21)[C@H]([C@H]1[C@@H]2CC[C@H]4[C@@]5(C)CCC[C@](C)(C(=O)O)[C@H]5CC[C@]4(C2)[C@@H]1O)[C@H]3O. The zero-order valence-electron chi connectivity index (χ0n) is 27.7. The molecule has 0 aromatic rings. The summed E-state index contributed by atoms with van der Waals surface area (Å²) in [6, 6.07) is 0. The van der Waals surface area contributed by atoms with E-state index in [0.29, 0.717) is 23.7 Å². The molecule has 0 heterocycles. The van der Waals surface area contributed by atoms with Crippen molar-refractivity contribution >= 4 is 11.9 Å². The third-order valence-electron chi connectivity index (χ3n) is 18.1. The molecule has 0 aliphatic heterocycles. The molecule has 8 saturated carbocycles. The molecule has 0 aromatic heterocycles. The Morgan fingerprint density at radius 2 is 0.909 bits per heavy atom. The number of fused-ring (bicyclic) bond motifs is 6. The first-order valence-electron chi connectivity index (χ1n) is 18.5. The lowest BCUT2D eigenvalue weighted by atomic mass is 9.40. The molecular weight excluding hydrogens is 552 g/mol. The second kappa shape index (κ2) is 9.26. The van der Waals surface area contributed by atoms with Gasteiger partial charge in [0.15, 0.2) is 0 Å². The number of hydrogen-bond donors (Lipinski definition) is 4. The highest BCUT2D eigenvalue weighted by molar-refractivity contribution is 5.75. The number of hydrogen-bond acceptors (Lipinski definition) is 4. The number of carboxylic acid groups (broad SMARTS) is 2. The summed E-state index contributed by atoms with van der Waals surface area (Å²) in [7, 11) is 0. The molecule has 8 fully saturated rings. The van der Waals surface area contributed by atoms with Crippen molar-refractivity contribution < 1.29 is 30.0 Å². The maximum atomic E-state index is 12.7. The van der Waals surface area contributed by atoms with Crippen molar-refractivity contribution in [3.63, 3.8) is 0 Å². The molecule has 0 unspecified atom stereocenters. The van der Waals surface area contributed by atoms with Crippen LogP contribution in [0, 0.1) is 79.8 Å². The van der Waals surface area contributed by atoms with Crippen LogP contribution in [0.5, 0.6) is 0 Å². The molecule has 4 bridgehead atoms. The van der Waals surface area contributed by atoms with Gasteiger partial charge in [-0.15, -0.1) is 0 Å². The van der Waals surface area contributed by atoms with Crippen molar-refractivity contribution in [1.82, 2.24) is 0 Å². The van der Waals surface area contributed by atoms with Gasteiger partial charge in [0.1, 0.15) is 0 Å². The van der Waals surface area contributed by atoms with Crippen molar-refractivity contribution in [2.45, 2.75) is 143 Å². The molecular formula is C38H58O6. The van der Waals surface area contributed by atoms with Crippen LogP contribution in [-0.4, -0.2) is 44.6 Å². The Morgan fingerprint density at radius 1 is 0.523 bits per heavy atom. The molecule has 16 atom stereocenters. The summed E-state index contributed by atoms with van der Waals surface area (Å²) in [5, 5.41) is 46.0. The Morgan fingerprint density at radius 3 is 1.27 bits per heavy atom. The van der Waals surface area contributed by atoms with Gasteiger partial charge in [-0.1, -0.05) is 26.7 Å². The number of aliphatic hydroxyl groups excluding tert-OH is 2. The molecule has 8 rings (SSSR count). The fraction of sp³-hybridized carbons (Fsp3) is 0.947. The number of carboxylic acids is 2. The van der Waals surface area contributed by atoms with Crippen molar-refractivity contribution in [3.05, 3.63) is 0 Å². The lowest BCUT2D eigenvalue weighted by molar-refractivity contribution is -0.195. The predicted octanol–water partition coefficient (Wildman–Crippen LogP) is 7.16. The monoisotopic (exact) mass is 610 g/mol. The van der Waals surface area contributed by atoms with E-state index in [1.165, 1.54) is 0 Å². The summed E-state index contributed by atoms with van der Waals surface area (Å²) in [6.45, 7) is 8.78. The van der Waals surface area contributed by atoms with Gasteiger partial charge >= 0.3 is 11.9 Å². The van der Waals surface area contributed by atoms with Crippen LogP contribution in [0.25, 0.3) is 0 Å². The Balaban J connectivity index is 1.11. The van der Waals surface area contributed by atoms with E-state index in [9.17, 15) is 30.0 Å². The van der Waals surface area contributed by atoms with E-state index in [0.717, 1.165) is 103 Å². The maximum absolute atomic E-state index is 12.7. The molecule has 0 aromatic carbocycles. The van der Waals surface area contributed by atoms with Crippen LogP contribution < -0.4 is 0 Å². The van der Waals surface area contributed by atoms with Gasteiger partial charge in [0.05, 0.1) is 23.0 Å². The van der Waals surface area contributed by atoms with Crippen LogP contribution in [-0.2, 0) is 9.59 Å². The van der Waals surface area contributed by atoms with Crippen LogP contribution in [0.4, 0.5) is 0 Å². The fourth-order valence-electron chi connectivity index (χ4n) is 16.6. The van der Waals surface area contributed by atoms with Crippen molar-refractivity contribution in [1.29, 1.82) is 0 Å². The fourth-order valence-corrected chi connectivity index (χ4v) is 16.6. The Bertz CT molecular complexity index is 1160. The van der Waals surface area contributed by atoms with Gasteiger partial charge in [-0.05, 0) is 162 Å². The Kier molecular flexibility index (Phi) is 6.36. The smallest absolute Gasteiger partial charge is 0.309 e. The van der Waals surface area contributed by atoms with Gasteiger partial charge in [-0.2, -0.15) is 0 Å². The van der Waals surface area contributed by atoms with Crippen LogP contribution in [0.3, 0.4) is 0 Å². The van der Waals surface area contributed by atoms with Gasteiger partial charge in [-0.3, -0.25) is 9.59 Å². The van der Waals surface area contributed by atoms with Gasteiger partial charge in [0.2, 0.25) is 0 Å². The summed E-state index contributed by atoms with van der Waals surface area (Å²) in [5.74, 6) is 0.936. The zero-order valence-corrected chi connectivity index (χ0v) is 27.7. The lowest BCUT2D eigenvalue weighted by Crippen LogP contribution is -2.61. The van der Waals surface area contributed by atoms with Crippen molar-refractivity contribution in [2.75, 3.05) is 0 Å². The molecule has 8 aliphatic rings. The van der Waals surface area contributed by atoms with Crippen LogP contribution >= 0.6 is 0 Å². The number of rotatable bonds is 3. The highest BCUT2D eigenvalue weighted by Gasteiger charge is 2.74. The topological polar surface area (TPSA) is 115 Å². The summed E-state index contributed by atoms with van der Waals surface area (Å²) in [6.07, 6.45) is 14.9. The van der Waals surface area contributed by atoms with Crippen molar-refractivity contribution in [3.8, 4) is 0 Å². The molecule has 0 saturated heterocycles. The molecule has 2 spiro atoms. The summed E-state index contributed by atoms with van der Waals surface area (Å²) in [5.41, 5.74) is -1.73. The third-order valence-corrected chi connectivity index (χ3v) is 18.1. The normalized spacial score (nSPS) is 60.9. The first-order valence-corrected chi connectivity index (χ1v) is 18.5. The maximum Gasteiger partial charge on any atom is 0.309 e. The summed E-state index contributed by atoms with van der Waals surface area (Å²) in [4.78, 5) is 25.2. The van der Waals surface area contributed by atoms with E-state index in [1.807, 2.05) is 13.8 Å². The van der Waals surface area contributed by atoms with E-state index >= 15 is 0 Å². The van der Waals surface area contributed by atoms with E-state index in [2.05, 4.69) is 13.8 Å². The lowest BCUT2D eigenvalue weighted by Gasteiger charge is -2.64. The van der Waals surface area contributed by atoms with Gasteiger partial charge < -0.3 is 20.4 Å². The average molecular weight is 611 g/mol. The summed E-state index contributed by atoms with van der Waals surface area (Å²) < 4.78 is 0. The van der Waals surface area contributed by atoms with Crippen LogP contribution in [0.1, 0.15) is 130 Å². The number of carbonyl (C=O) groups is 2. The highest BCUT2D eigenvalue weighted by Crippen LogP contribution is 2.77. The third kappa shape index (κ3) is 3.37. The largest absolute Gasteiger partial charge is 0.481 e. The number of aliphatic carboxylic acids is 2. The Labute approximate surface area is 264 Å². The van der Waals surface area contributed by atoms with Crippen LogP contribution in [0.15, 0.2) is 0 Å². The molecule has 6 heteroatoms. The minimum absolute atomic E-state index is 0.0524. The zero-order chi connectivity index (χ0) is 31.2. The van der Waals surface area contributed by atoms with Gasteiger partial charge in [-0.25, -0.2) is 0 Å². The molecule has 44 heavy (non-hydrogen) atoms. The standard InChI is InChI=1S/C38H58O6/c1-33-13-5-15-35(3,31(41)42)23(33)11-17-37-19-21(7-9-25(33)37)27(29(37)39)28-22-8-10-26-34(2)14-6-16-36(4,32(43)44)24(34)12-18-38(26,20-22)30(28)40/h21-30,39-40H,5-20H2,1-4H3,(H,41,42)(H,43,44)/t21-,22-,23+,24+,25+,26+,27-,28-,29-,30-,33+,34+,35-,36+,37-,38-/m1/s1. The summed E-state index contributed by atoms with van der Waals surface area (Å²) >= 11 is 0. The van der Waals surface area contributed by atoms with E-state index in [-0.39, 0.29) is 45.3 Å². The molecule has 0 amide bonds. The van der Waals surface area contributed by atoms with Crippen molar-refractivity contribution in [2.24, 2.45) is 79.8 Å². The minimum Gasteiger partial charge on any atom is -0.481 e. The van der Waals surface area contributed by atoms with E-state index in [4.69, 9.17) is 0 Å². The predicted molar refractivity (Wildman–Crippen MR) is 166 cm³/mol. The highest BCUT2D eigenvalue weighted by atomic mass is 16.4. The Hall–Kier alpha value is -1.14. The molecule has 6 nitrogen and oxygen atoms in total. The minimum atomic E-state index is -0.675. The quantitative estimate of drug-likeness (QED) is 0.270. The van der Waals surface area contributed by atoms with E-state index < -0.39 is 35.0 Å². The molecule has 0 radical (unpaired) electrons. The molecule has 4 N–H and O–H groups in total. The van der Waals surface area contributed by atoms with E-state index in [1.54, 1.807) is 0 Å². The second-order valence-electron chi connectivity index (χ2n) is 19.0. The number of aliphatic hydroxyl groups is 2. The van der Waals surface area contributed by atoms with Gasteiger partial charge in [0.25, 0.3) is 0 Å². The first kappa shape index (κ1) is 30.2. The van der Waals surface area contributed by atoms with Crippen LogP contribution in [0.2, 0.25) is 0 Å². The molecule has 8 aliphatic carbocycles. The van der Waals surface area contributed by atoms with Gasteiger partial charge in [0, 0.05) is 10.8 Å². The second-order valence-corrected chi connectivity index (χ2v) is 19.0. The molecule has 246 valence electrons. The average Bonchev–Trinajstić information content (AvgIpc) is 3.28. The first-order chi connectivity index (χ1) is 20.7.